The summed E-state index contributed by atoms with van der Waals surface area (Å²) >= 11 is 0. The van der Waals surface area contributed by atoms with Crippen LogP contribution in [0.5, 0.6) is 0 Å². The van der Waals surface area contributed by atoms with Gasteiger partial charge in [0.2, 0.25) is 0 Å². The first-order valence-electron chi connectivity index (χ1n) is 21.9. The van der Waals surface area contributed by atoms with Crippen molar-refractivity contribution in [3.63, 3.8) is 0 Å². The van der Waals surface area contributed by atoms with E-state index in [0.29, 0.717) is 17.5 Å². The molecule has 4 heteroatoms. The summed E-state index contributed by atoms with van der Waals surface area (Å²) in [7, 11) is 0. The van der Waals surface area contributed by atoms with Crippen molar-refractivity contribution in [3.8, 4) is 89.8 Å². The highest BCUT2D eigenvalue weighted by Crippen LogP contribution is 2.39. The van der Waals surface area contributed by atoms with Crippen LogP contribution in [0.2, 0.25) is 0 Å². The van der Waals surface area contributed by atoms with Crippen molar-refractivity contribution in [2.75, 3.05) is 0 Å². The zero-order chi connectivity index (χ0) is 43.1. The third kappa shape index (κ3) is 7.13. The second kappa shape index (κ2) is 16.2. The van der Waals surface area contributed by atoms with Gasteiger partial charge in [-0.1, -0.05) is 212 Å². The number of benzene rings is 10. The van der Waals surface area contributed by atoms with Gasteiger partial charge in [-0.25, -0.2) is 15.0 Å². The summed E-state index contributed by atoms with van der Waals surface area (Å²) in [6.07, 6.45) is 0. The van der Waals surface area contributed by atoms with Crippen LogP contribution >= 0.6 is 0 Å². The van der Waals surface area contributed by atoms with Gasteiger partial charge in [0.1, 0.15) is 11.2 Å². The van der Waals surface area contributed by atoms with Crippen molar-refractivity contribution < 1.29 is 4.42 Å². The molecule has 2 aromatic heterocycles. The van der Waals surface area contributed by atoms with Crippen LogP contribution in [-0.2, 0) is 0 Å². The van der Waals surface area contributed by atoms with Gasteiger partial charge in [0.15, 0.2) is 17.5 Å². The maximum atomic E-state index is 6.41. The maximum absolute atomic E-state index is 6.41. The molecule has 0 saturated heterocycles. The number of nitrogens with zero attached hydrogens (tertiary/aromatic N) is 3. The molecule has 4 nitrogen and oxygen atoms in total. The number of hydrogen-bond donors (Lipinski definition) is 0. The van der Waals surface area contributed by atoms with Crippen molar-refractivity contribution in [1.29, 1.82) is 0 Å². The lowest BCUT2D eigenvalue weighted by molar-refractivity contribution is 0.670. The molecule has 65 heavy (non-hydrogen) atoms. The minimum atomic E-state index is 0.615. The highest BCUT2D eigenvalue weighted by Gasteiger charge is 2.18. The van der Waals surface area contributed by atoms with Crippen molar-refractivity contribution in [2.24, 2.45) is 0 Å². The number of fused-ring (bicyclic) bond motifs is 4. The van der Waals surface area contributed by atoms with Crippen LogP contribution in [0, 0.1) is 0 Å². The van der Waals surface area contributed by atoms with Crippen LogP contribution < -0.4 is 0 Å². The summed E-state index contributed by atoms with van der Waals surface area (Å²) in [4.78, 5) is 15.6. The van der Waals surface area contributed by atoms with E-state index < -0.39 is 0 Å². The van der Waals surface area contributed by atoms with Crippen LogP contribution in [0.4, 0.5) is 0 Å². The molecule has 12 rings (SSSR count). The summed E-state index contributed by atoms with van der Waals surface area (Å²) in [5.41, 5.74) is 15.7. The van der Waals surface area contributed by atoms with Gasteiger partial charge in [0.25, 0.3) is 0 Å². The topological polar surface area (TPSA) is 51.8 Å². The molecule has 0 spiro atoms. The third-order valence-electron chi connectivity index (χ3n) is 12.4. The van der Waals surface area contributed by atoms with Gasteiger partial charge in [-0.2, -0.15) is 0 Å². The average molecular weight is 830 g/mol. The molecule has 0 N–H and O–H groups in total. The summed E-state index contributed by atoms with van der Waals surface area (Å²) in [5, 5.41) is 4.63. The van der Waals surface area contributed by atoms with Crippen LogP contribution in [-0.4, -0.2) is 15.0 Å². The lowest BCUT2D eigenvalue weighted by Crippen LogP contribution is -2.02. The highest BCUT2D eigenvalue weighted by atomic mass is 16.3. The van der Waals surface area contributed by atoms with E-state index in [1.165, 1.54) is 10.8 Å². The van der Waals surface area contributed by atoms with Gasteiger partial charge < -0.3 is 4.42 Å². The average Bonchev–Trinajstić information content (AvgIpc) is 3.78. The molecule has 304 valence electrons. The Labute approximate surface area is 376 Å². The summed E-state index contributed by atoms with van der Waals surface area (Å²) in [6, 6.07) is 82.9. The van der Waals surface area contributed by atoms with Gasteiger partial charge in [0.05, 0.1) is 0 Å². The van der Waals surface area contributed by atoms with E-state index in [9.17, 15) is 0 Å². The molecule has 2 heterocycles. The van der Waals surface area contributed by atoms with Gasteiger partial charge in [-0.05, 0) is 85.1 Å². The molecule has 10 aromatic carbocycles. The normalized spacial score (nSPS) is 11.4. The number of aromatic nitrogens is 3. The first-order valence-corrected chi connectivity index (χ1v) is 21.9. The SMILES string of the molecule is c1ccc(-c2ccccc2-c2nc(-c3ccc(-c4ccc5ccc(-c6cccc(-c7cccc8c7oc7ccccc78)c6)cc5c4)cc3)nc(-c3ccccc3-c3ccccc3)n2)cc1. The summed E-state index contributed by atoms with van der Waals surface area (Å²) in [6.45, 7) is 0. The molecule has 0 bridgehead atoms. The van der Waals surface area contributed by atoms with E-state index in [1.54, 1.807) is 0 Å². The van der Waals surface area contributed by atoms with E-state index in [-0.39, 0.29) is 0 Å². The van der Waals surface area contributed by atoms with Crippen LogP contribution in [0.25, 0.3) is 123 Å². The fourth-order valence-electron chi connectivity index (χ4n) is 9.10. The zero-order valence-corrected chi connectivity index (χ0v) is 35.3. The first-order chi connectivity index (χ1) is 32.2. The van der Waals surface area contributed by atoms with Gasteiger partial charge in [-0.3, -0.25) is 0 Å². The first kappa shape index (κ1) is 38.0. The molecule has 0 radical (unpaired) electrons. The second-order valence-electron chi connectivity index (χ2n) is 16.3. The second-order valence-corrected chi connectivity index (χ2v) is 16.3. The van der Waals surface area contributed by atoms with Crippen LogP contribution in [0.3, 0.4) is 0 Å². The number of rotatable bonds is 8. The van der Waals surface area contributed by atoms with Gasteiger partial charge >= 0.3 is 0 Å². The van der Waals surface area contributed by atoms with Gasteiger partial charge in [-0.15, -0.1) is 0 Å². The third-order valence-corrected chi connectivity index (χ3v) is 12.4. The molecular weight excluding hydrogens is 791 g/mol. The monoisotopic (exact) mass is 829 g/mol. The standard InChI is InChI=1S/C61H39N3O/c1-3-15-42(16-4-1)50-21-7-9-24-55(50)60-62-59(63-61(64-60)56-25-10-8-22-51(56)43-17-5-2-6-18-43)44-33-29-40(30-34-44)46-35-31-41-32-36-47(39-49(41)38-46)45-19-13-20-48(37-45)52-26-14-27-54-53-23-11-12-28-57(53)65-58(52)54/h1-39H. The van der Waals surface area contributed by atoms with Gasteiger partial charge in [0, 0.05) is 33.0 Å². The summed E-state index contributed by atoms with van der Waals surface area (Å²) in [5.74, 6) is 1.86. The predicted molar refractivity (Wildman–Crippen MR) is 268 cm³/mol. The fraction of sp³-hybridized carbons (Fsp3) is 0. The van der Waals surface area contributed by atoms with Crippen molar-refractivity contribution >= 4 is 32.7 Å². The molecule has 12 aromatic rings. The number of hydrogen-bond acceptors (Lipinski definition) is 4. The van der Waals surface area contributed by atoms with E-state index in [0.717, 1.165) is 94.3 Å². The van der Waals surface area contributed by atoms with Crippen LogP contribution in [0.15, 0.2) is 241 Å². The quantitative estimate of drug-likeness (QED) is 0.153. The minimum absolute atomic E-state index is 0.615. The molecule has 0 aliphatic carbocycles. The van der Waals surface area contributed by atoms with Crippen LogP contribution in [0.1, 0.15) is 0 Å². The molecular formula is C61H39N3O. The molecule has 0 unspecified atom stereocenters. The van der Waals surface area contributed by atoms with Crippen molar-refractivity contribution in [3.05, 3.63) is 237 Å². The zero-order valence-electron chi connectivity index (χ0n) is 35.3. The summed E-state index contributed by atoms with van der Waals surface area (Å²) < 4.78 is 6.41. The smallest absolute Gasteiger partial charge is 0.164 e. The molecule has 0 aliphatic rings. The van der Waals surface area contributed by atoms with E-state index in [2.05, 4.69) is 200 Å². The van der Waals surface area contributed by atoms with E-state index in [4.69, 9.17) is 19.4 Å². The molecule has 0 aliphatic heterocycles. The number of furan rings is 1. The maximum Gasteiger partial charge on any atom is 0.164 e. The Balaban J connectivity index is 0.906. The Morgan fingerprint density at radius 1 is 0.246 bits per heavy atom. The fourth-order valence-corrected chi connectivity index (χ4v) is 9.10. The van der Waals surface area contributed by atoms with Crippen molar-refractivity contribution in [2.45, 2.75) is 0 Å². The predicted octanol–water partition coefficient (Wildman–Crippen LogP) is 16.3. The Morgan fingerprint density at radius 3 is 1.35 bits per heavy atom. The largest absolute Gasteiger partial charge is 0.455 e. The number of para-hydroxylation sites is 2. The molecule has 0 amide bonds. The Bertz CT molecular complexity index is 3610. The Morgan fingerprint density at radius 2 is 0.692 bits per heavy atom. The van der Waals surface area contributed by atoms with E-state index in [1.807, 2.05) is 36.4 Å². The lowest BCUT2D eigenvalue weighted by atomic mass is 9.95. The molecule has 0 atom stereocenters. The highest BCUT2D eigenvalue weighted by molar-refractivity contribution is 6.09. The molecule has 0 saturated carbocycles. The van der Waals surface area contributed by atoms with Crippen molar-refractivity contribution in [1.82, 2.24) is 15.0 Å². The minimum Gasteiger partial charge on any atom is -0.455 e. The Kier molecular flexibility index (Phi) is 9.46. The Hall–Kier alpha value is -8.73. The lowest BCUT2D eigenvalue weighted by Gasteiger charge is -2.14. The van der Waals surface area contributed by atoms with E-state index >= 15 is 0 Å². The molecule has 0 fully saturated rings.